The molecule has 3 rings (SSSR count). The molecule has 1 aromatic carbocycles. The summed E-state index contributed by atoms with van der Waals surface area (Å²) in [6.45, 7) is 10.4. The Morgan fingerprint density at radius 3 is 2.36 bits per heavy atom. The molecule has 0 amide bonds. The summed E-state index contributed by atoms with van der Waals surface area (Å²) < 4.78 is 2.49. The van der Waals surface area contributed by atoms with Crippen LogP contribution in [0, 0.1) is 6.92 Å². The van der Waals surface area contributed by atoms with E-state index in [0.29, 0.717) is 0 Å². The number of aryl methyl sites for hydroxylation is 1. The highest BCUT2D eigenvalue weighted by molar-refractivity contribution is 5.68. The Morgan fingerprint density at radius 2 is 1.73 bits per heavy atom. The van der Waals surface area contributed by atoms with Crippen LogP contribution >= 0.6 is 0 Å². The molecule has 0 saturated carbocycles. The molecule has 1 aromatic rings. The number of nitrogens with zero attached hydrogens (tertiary/aromatic N) is 2. The summed E-state index contributed by atoms with van der Waals surface area (Å²) in [5, 5.41) is 0. The summed E-state index contributed by atoms with van der Waals surface area (Å²) in [5.41, 5.74) is 4.44. The van der Waals surface area contributed by atoms with E-state index in [1.807, 2.05) is 0 Å². The van der Waals surface area contributed by atoms with Crippen molar-refractivity contribution in [1.82, 2.24) is 4.90 Å². The van der Waals surface area contributed by atoms with Gasteiger partial charge in [0, 0.05) is 44.3 Å². The maximum absolute atomic E-state index is 2.60. The van der Waals surface area contributed by atoms with Crippen LogP contribution < -0.4 is 0 Å². The van der Waals surface area contributed by atoms with Gasteiger partial charge in [-0.3, -0.25) is 0 Å². The molecule has 118 valence electrons. The second-order valence-electron chi connectivity index (χ2n) is 7.46. The summed E-state index contributed by atoms with van der Waals surface area (Å²) in [5.74, 6) is 0. The van der Waals surface area contributed by atoms with Gasteiger partial charge in [-0.25, -0.2) is 4.58 Å². The lowest BCUT2D eigenvalue weighted by Gasteiger charge is -2.36. The molecule has 0 aliphatic carbocycles. The first-order valence-electron chi connectivity index (χ1n) is 8.66. The van der Waals surface area contributed by atoms with Crippen LogP contribution in [-0.4, -0.2) is 34.3 Å². The van der Waals surface area contributed by atoms with E-state index < -0.39 is 0 Å². The number of piperidine rings is 1. The van der Waals surface area contributed by atoms with Crippen LogP contribution in [0.4, 0.5) is 0 Å². The molecule has 2 nitrogen and oxygen atoms in total. The van der Waals surface area contributed by atoms with Gasteiger partial charge in [-0.05, 0) is 26.2 Å². The minimum absolute atomic E-state index is 0.187. The number of allylic oxidation sites excluding steroid dienone is 1. The number of benzene rings is 1. The van der Waals surface area contributed by atoms with Crippen LogP contribution in [0.25, 0.3) is 0 Å². The third kappa shape index (κ3) is 3.43. The fraction of sp³-hybridized carbons (Fsp3) is 0.550. The van der Waals surface area contributed by atoms with Crippen molar-refractivity contribution in [1.29, 1.82) is 0 Å². The molecule has 2 heterocycles. The summed E-state index contributed by atoms with van der Waals surface area (Å²) in [4.78, 5) is 2.60. The lowest BCUT2D eigenvalue weighted by atomic mass is 9.92. The van der Waals surface area contributed by atoms with Crippen LogP contribution in [0.3, 0.4) is 0 Å². The van der Waals surface area contributed by atoms with Crippen LogP contribution in [0.2, 0.25) is 0 Å². The van der Waals surface area contributed by atoms with Crippen molar-refractivity contribution in [3.05, 3.63) is 47.2 Å². The predicted octanol–water partition coefficient (Wildman–Crippen LogP) is 4.13. The quantitative estimate of drug-likeness (QED) is 0.760. The maximum atomic E-state index is 2.60. The largest absolute Gasteiger partial charge is 0.374 e. The smallest absolute Gasteiger partial charge is 0.168 e. The highest BCUT2D eigenvalue weighted by Gasteiger charge is 2.35. The van der Waals surface area contributed by atoms with Crippen LogP contribution in [0.1, 0.15) is 50.7 Å². The standard InChI is InChI=1S/C20H29N2/c1-17-7-9-18(10-8-17)16-22-14-11-19(15-20(22,2)3)21-12-5-4-6-13-21/h7-11,14H,4-6,12-13,15-16H2,1-3H3/q+1. The van der Waals surface area contributed by atoms with E-state index in [1.54, 1.807) is 0 Å². The predicted molar refractivity (Wildman–Crippen MR) is 93.4 cm³/mol. The van der Waals surface area contributed by atoms with Crippen molar-refractivity contribution in [2.45, 2.75) is 58.5 Å². The highest BCUT2D eigenvalue weighted by atomic mass is 15.2. The number of likely N-dealkylation sites (tertiary alicyclic amines) is 1. The van der Waals surface area contributed by atoms with Gasteiger partial charge in [0.2, 0.25) is 0 Å². The summed E-state index contributed by atoms with van der Waals surface area (Å²) in [7, 11) is 0. The monoisotopic (exact) mass is 297 g/mol. The molecule has 2 heteroatoms. The zero-order chi connectivity index (χ0) is 15.6. The molecule has 22 heavy (non-hydrogen) atoms. The fourth-order valence-corrected chi connectivity index (χ4v) is 3.54. The first kappa shape index (κ1) is 15.3. The first-order valence-corrected chi connectivity index (χ1v) is 8.66. The molecule has 0 atom stereocenters. The Hall–Kier alpha value is -1.57. The van der Waals surface area contributed by atoms with Gasteiger partial charge in [0.15, 0.2) is 18.3 Å². The molecule has 0 N–H and O–H groups in total. The van der Waals surface area contributed by atoms with E-state index in [1.165, 1.54) is 49.2 Å². The van der Waals surface area contributed by atoms with Crippen molar-refractivity contribution in [2.75, 3.05) is 13.1 Å². The van der Waals surface area contributed by atoms with E-state index in [0.717, 1.165) is 13.0 Å². The Labute approximate surface area is 135 Å². The molecular weight excluding hydrogens is 268 g/mol. The van der Waals surface area contributed by atoms with Gasteiger partial charge in [0.05, 0.1) is 6.42 Å². The first-order chi connectivity index (χ1) is 10.5. The second-order valence-corrected chi connectivity index (χ2v) is 7.46. The third-order valence-electron chi connectivity index (χ3n) is 5.07. The maximum Gasteiger partial charge on any atom is 0.168 e. The Morgan fingerprint density at radius 1 is 1.05 bits per heavy atom. The number of hydrogen-bond donors (Lipinski definition) is 0. The van der Waals surface area contributed by atoms with E-state index in [9.17, 15) is 0 Å². The molecule has 0 unspecified atom stereocenters. The molecule has 2 aliphatic rings. The second kappa shape index (κ2) is 6.28. The van der Waals surface area contributed by atoms with E-state index in [-0.39, 0.29) is 5.54 Å². The zero-order valence-electron chi connectivity index (χ0n) is 14.3. The molecule has 0 radical (unpaired) electrons. The summed E-state index contributed by atoms with van der Waals surface area (Å²) in [6.07, 6.45) is 9.92. The lowest BCUT2D eigenvalue weighted by Crippen LogP contribution is -2.43. The molecule has 2 aliphatic heterocycles. The Kier molecular flexibility index (Phi) is 4.37. The summed E-state index contributed by atoms with van der Waals surface area (Å²) in [6, 6.07) is 8.93. The molecule has 1 fully saturated rings. The Bertz CT molecular complexity index is 572. The van der Waals surface area contributed by atoms with Gasteiger partial charge >= 0.3 is 0 Å². The van der Waals surface area contributed by atoms with Crippen molar-refractivity contribution >= 4 is 6.21 Å². The molecule has 0 spiro atoms. The SMILES string of the molecule is Cc1ccc(C[N+]2=CC=C(N3CCCCC3)CC2(C)C)cc1. The van der Waals surface area contributed by atoms with Gasteiger partial charge in [0.1, 0.15) is 0 Å². The van der Waals surface area contributed by atoms with Crippen LogP contribution in [0.5, 0.6) is 0 Å². The fourth-order valence-electron chi connectivity index (χ4n) is 3.54. The lowest BCUT2D eigenvalue weighted by molar-refractivity contribution is -0.612. The van der Waals surface area contributed by atoms with Crippen molar-refractivity contribution in [3.8, 4) is 0 Å². The number of hydrogen-bond acceptors (Lipinski definition) is 1. The zero-order valence-corrected chi connectivity index (χ0v) is 14.3. The molecule has 0 bridgehead atoms. The molecule has 0 aromatic heterocycles. The van der Waals surface area contributed by atoms with Gasteiger partial charge in [-0.15, -0.1) is 0 Å². The molecular formula is C20H29N2+. The minimum Gasteiger partial charge on any atom is -0.374 e. The normalized spacial score (nSPS) is 21.3. The van der Waals surface area contributed by atoms with Gasteiger partial charge in [-0.2, -0.15) is 0 Å². The average molecular weight is 297 g/mol. The van der Waals surface area contributed by atoms with Gasteiger partial charge in [-0.1, -0.05) is 29.8 Å². The summed E-state index contributed by atoms with van der Waals surface area (Å²) >= 11 is 0. The number of rotatable bonds is 3. The van der Waals surface area contributed by atoms with Crippen molar-refractivity contribution in [3.63, 3.8) is 0 Å². The average Bonchev–Trinajstić information content (AvgIpc) is 2.52. The van der Waals surface area contributed by atoms with E-state index in [4.69, 9.17) is 0 Å². The third-order valence-corrected chi connectivity index (χ3v) is 5.07. The topological polar surface area (TPSA) is 6.25 Å². The highest BCUT2D eigenvalue weighted by Crippen LogP contribution is 2.28. The van der Waals surface area contributed by atoms with Crippen molar-refractivity contribution < 1.29 is 4.58 Å². The van der Waals surface area contributed by atoms with Crippen LogP contribution in [-0.2, 0) is 6.54 Å². The molecule has 1 saturated heterocycles. The minimum atomic E-state index is 0.187. The Balaban J connectivity index is 1.76. The van der Waals surface area contributed by atoms with Gasteiger partial charge < -0.3 is 4.90 Å². The van der Waals surface area contributed by atoms with Crippen molar-refractivity contribution in [2.24, 2.45) is 0 Å². The van der Waals surface area contributed by atoms with E-state index >= 15 is 0 Å². The van der Waals surface area contributed by atoms with Crippen LogP contribution in [0.15, 0.2) is 36.0 Å². The van der Waals surface area contributed by atoms with Gasteiger partial charge in [0.25, 0.3) is 0 Å². The van der Waals surface area contributed by atoms with E-state index in [2.05, 4.69) is 66.8 Å².